The van der Waals surface area contributed by atoms with Crippen molar-refractivity contribution in [2.45, 2.75) is 63.3 Å². The van der Waals surface area contributed by atoms with Crippen LogP contribution in [0.15, 0.2) is 65.3 Å². The highest BCUT2D eigenvalue weighted by Crippen LogP contribution is 2.46. The van der Waals surface area contributed by atoms with Gasteiger partial charge in [0, 0.05) is 35.1 Å². The zero-order chi connectivity index (χ0) is 28.6. The highest BCUT2D eigenvalue weighted by atomic mass is 79.9. The number of piperidine rings is 4. The molecule has 5 heterocycles. The van der Waals surface area contributed by atoms with Gasteiger partial charge >= 0.3 is 0 Å². The summed E-state index contributed by atoms with van der Waals surface area (Å²) >= 11 is 3.42. The zero-order valence-corrected chi connectivity index (χ0v) is 25.2. The number of rotatable bonds is 7. The van der Waals surface area contributed by atoms with Gasteiger partial charge in [-0.15, -0.1) is 5.10 Å². The topological polar surface area (TPSA) is 80.6 Å². The van der Waals surface area contributed by atoms with Gasteiger partial charge in [-0.3, -0.25) is 14.5 Å². The minimum absolute atomic E-state index is 0.0336. The van der Waals surface area contributed by atoms with Gasteiger partial charge < -0.3 is 9.64 Å². The van der Waals surface area contributed by atoms with Crippen LogP contribution in [0.25, 0.3) is 6.08 Å². The summed E-state index contributed by atoms with van der Waals surface area (Å²) in [5.41, 5.74) is 2.29. The summed E-state index contributed by atoms with van der Waals surface area (Å²) in [7, 11) is 0. The van der Waals surface area contributed by atoms with Crippen molar-refractivity contribution in [3.63, 3.8) is 0 Å². The van der Waals surface area contributed by atoms with Crippen molar-refractivity contribution in [3.05, 3.63) is 82.1 Å². The molecular weight excluding hydrogens is 594 g/mol. The molecule has 42 heavy (non-hydrogen) atoms. The van der Waals surface area contributed by atoms with Crippen LogP contribution >= 0.6 is 15.9 Å². The monoisotopic (exact) mass is 629 g/mol. The van der Waals surface area contributed by atoms with Gasteiger partial charge in [0.05, 0.1) is 12.2 Å². The number of ether oxygens (including phenoxy) is 1. The molecule has 1 amide bonds. The van der Waals surface area contributed by atoms with Crippen molar-refractivity contribution < 1.29 is 14.3 Å². The second-order valence-electron chi connectivity index (χ2n) is 12.2. The largest absolute Gasteiger partial charge is 0.487 e. The predicted molar refractivity (Wildman–Crippen MR) is 163 cm³/mol. The molecule has 0 bridgehead atoms. The average Bonchev–Trinajstić information content (AvgIpc) is 3.50. The molecule has 4 saturated heterocycles. The lowest BCUT2D eigenvalue weighted by atomic mass is 9.67. The van der Waals surface area contributed by atoms with Gasteiger partial charge in [-0.2, -0.15) is 0 Å². The molecular formula is C33H36BrN5O3. The number of hydrogen-bond acceptors (Lipinski definition) is 6. The number of benzene rings is 2. The number of ketones is 1. The van der Waals surface area contributed by atoms with E-state index in [-0.39, 0.29) is 24.3 Å². The molecule has 0 aliphatic carbocycles. The van der Waals surface area contributed by atoms with Crippen LogP contribution in [0.5, 0.6) is 5.75 Å². The maximum atomic E-state index is 13.4. The first-order valence-electron chi connectivity index (χ1n) is 15.2. The molecule has 0 saturated carbocycles. The molecule has 4 fully saturated rings. The molecule has 218 valence electrons. The van der Waals surface area contributed by atoms with E-state index >= 15 is 0 Å². The van der Waals surface area contributed by atoms with E-state index in [1.54, 1.807) is 30.3 Å². The van der Waals surface area contributed by atoms with E-state index in [4.69, 9.17) is 4.74 Å². The Hall–Kier alpha value is -3.30. The number of amides is 1. The number of hydrogen-bond donors (Lipinski definition) is 0. The second-order valence-corrected chi connectivity index (χ2v) is 13.1. The Morgan fingerprint density at radius 3 is 2.64 bits per heavy atom. The van der Waals surface area contributed by atoms with Gasteiger partial charge in [-0.05, 0) is 105 Å². The minimum atomic E-state index is -0.0640. The number of carbonyl (C=O) groups excluding carboxylic acids is 2. The normalized spacial score (nSPS) is 27.5. The van der Waals surface area contributed by atoms with Gasteiger partial charge in [0.25, 0.3) is 0 Å². The molecule has 4 aliphatic rings. The Bertz CT molecular complexity index is 1470. The SMILES string of the molecule is O=C(/C=C/c1ccc(Br)cc1)c1ccc(OCc2cn([C@H]3CC(=O)N4C[C@@H]5CCCN6CCC[C@@H]([C@H]56)[C@H]4C3)nn2)cc1. The van der Waals surface area contributed by atoms with Crippen LogP contribution < -0.4 is 4.74 Å². The van der Waals surface area contributed by atoms with E-state index < -0.39 is 0 Å². The Morgan fingerprint density at radius 1 is 1.05 bits per heavy atom. The maximum Gasteiger partial charge on any atom is 0.224 e. The molecule has 0 unspecified atom stereocenters. The van der Waals surface area contributed by atoms with Gasteiger partial charge in [0.2, 0.25) is 5.91 Å². The molecule has 8 nitrogen and oxygen atoms in total. The smallest absolute Gasteiger partial charge is 0.224 e. The summed E-state index contributed by atoms with van der Waals surface area (Å²) in [6.07, 6.45) is 11.7. The fourth-order valence-corrected chi connectivity index (χ4v) is 8.00. The molecule has 1 aromatic heterocycles. The first kappa shape index (κ1) is 27.5. The third kappa shape index (κ3) is 5.56. The fourth-order valence-electron chi connectivity index (χ4n) is 7.74. The molecule has 4 aliphatic heterocycles. The van der Waals surface area contributed by atoms with Crippen LogP contribution in [0.4, 0.5) is 0 Å². The lowest BCUT2D eigenvalue weighted by molar-refractivity contribution is -0.153. The van der Waals surface area contributed by atoms with E-state index in [1.807, 2.05) is 41.2 Å². The maximum absolute atomic E-state index is 13.4. The average molecular weight is 631 g/mol. The molecule has 0 spiro atoms. The molecule has 0 N–H and O–H groups in total. The Morgan fingerprint density at radius 2 is 1.83 bits per heavy atom. The Labute approximate surface area is 254 Å². The third-order valence-electron chi connectivity index (χ3n) is 9.67. The molecule has 5 atom stereocenters. The van der Waals surface area contributed by atoms with Gasteiger partial charge in [0.1, 0.15) is 18.1 Å². The summed E-state index contributed by atoms with van der Waals surface area (Å²) < 4.78 is 8.85. The van der Waals surface area contributed by atoms with Crippen LogP contribution in [0.1, 0.15) is 66.2 Å². The first-order valence-corrected chi connectivity index (χ1v) is 16.0. The molecule has 9 heteroatoms. The van der Waals surface area contributed by atoms with Crippen molar-refractivity contribution >= 4 is 33.7 Å². The molecule has 0 radical (unpaired) electrons. The van der Waals surface area contributed by atoms with E-state index in [0.29, 0.717) is 41.7 Å². The van der Waals surface area contributed by atoms with Crippen LogP contribution in [0.3, 0.4) is 0 Å². The summed E-state index contributed by atoms with van der Waals surface area (Å²) in [5, 5.41) is 8.78. The quantitative estimate of drug-likeness (QED) is 0.252. The number of aromatic nitrogens is 3. The third-order valence-corrected chi connectivity index (χ3v) is 10.2. The van der Waals surface area contributed by atoms with Crippen molar-refractivity contribution in [2.24, 2.45) is 11.8 Å². The van der Waals surface area contributed by atoms with Crippen molar-refractivity contribution in [1.29, 1.82) is 0 Å². The number of allylic oxidation sites excluding steroid dienone is 1. The van der Waals surface area contributed by atoms with Gasteiger partial charge in [-0.25, -0.2) is 4.68 Å². The summed E-state index contributed by atoms with van der Waals surface area (Å²) in [6.45, 7) is 3.64. The van der Waals surface area contributed by atoms with E-state index in [2.05, 4.69) is 36.0 Å². The van der Waals surface area contributed by atoms with E-state index in [0.717, 1.165) is 28.7 Å². The molecule has 3 aromatic rings. The summed E-state index contributed by atoms with van der Waals surface area (Å²) in [5.74, 6) is 2.07. The minimum Gasteiger partial charge on any atom is -0.487 e. The van der Waals surface area contributed by atoms with Crippen LogP contribution in [-0.4, -0.2) is 68.2 Å². The molecule has 7 rings (SSSR count). The van der Waals surface area contributed by atoms with Crippen LogP contribution in [0.2, 0.25) is 0 Å². The predicted octanol–water partition coefficient (Wildman–Crippen LogP) is 5.55. The number of carbonyl (C=O) groups is 2. The highest BCUT2D eigenvalue weighted by molar-refractivity contribution is 9.10. The summed E-state index contributed by atoms with van der Waals surface area (Å²) in [6, 6.07) is 15.9. The Kier molecular flexibility index (Phi) is 7.71. The standard InChI is InChI=1S/C33H36BrN5O3/c34-25-10-5-22(6-11-25)7-14-31(40)23-8-12-28(13-9-23)42-21-26-20-39(36-35-26)27-17-30-29-4-2-16-37-15-1-3-24(33(29)37)19-38(30)32(41)18-27/h5-14,20,24,27,29-30,33H,1-4,15-19,21H2/b14-7+/t24-,27+,29+,30+,33-/m0/s1. The van der Waals surface area contributed by atoms with E-state index in [1.165, 1.54) is 38.8 Å². The van der Waals surface area contributed by atoms with Crippen LogP contribution in [-0.2, 0) is 11.4 Å². The second kappa shape index (κ2) is 11.8. The fraction of sp³-hybridized carbons (Fsp3) is 0.455. The van der Waals surface area contributed by atoms with Crippen molar-refractivity contribution in [1.82, 2.24) is 24.8 Å². The van der Waals surface area contributed by atoms with Gasteiger partial charge in [-0.1, -0.05) is 39.4 Å². The van der Waals surface area contributed by atoms with Crippen molar-refractivity contribution in [2.75, 3.05) is 19.6 Å². The highest BCUT2D eigenvalue weighted by Gasteiger charge is 2.52. The molecule has 2 aromatic carbocycles. The van der Waals surface area contributed by atoms with Crippen LogP contribution in [0, 0.1) is 11.8 Å². The van der Waals surface area contributed by atoms with Gasteiger partial charge in [0.15, 0.2) is 5.78 Å². The van der Waals surface area contributed by atoms with Crippen molar-refractivity contribution in [3.8, 4) is 5.75 Å². The summed E-state index contributed by atoms with van der Waals surface area (Å²) in [4.78, 5) is 30.9. The number of fused-ring (bicyclic) bond motifs is 2. The first-order chi connectivity index (χ1) is 20.5. The number of nitrogens with zero attached hydrogens (tertiary/aromatic N) is 5. The lowest BCUT2D eigenvalue weighted by Gasteiger charge is -2.59. The Balaban J connectivity index is 0.960. The lowest BCUT2D eigenvalue weighted by Crippen LogP contribution is -2.67. The van der Waals surface area contributed by atoms with E-state index in [9.17, 15) is 9.59 Å². The number of halogens is 1. The zero-order valence-electron chi connectivity index (χ0n) is 23.6.